The van der Waals surface area contributed by atoms with E-state index in [0.717, 1.165) is 0 Å². The van der Waals surface area contributed by atoms with Gasteiger partial charge in [-0.2, -0.15) is 0 Å². The van der Waals surface area contributed by atoms with Crippen LogP contribution >= 0.6 is 11.8 Å². The molecule has 7 nitrogen and oxygen atoms in total. The maximum Gasteiger partial charge on any atom is 0.330 e. The van der Waals surface area contributed by atoms with Gasteiger partial charge in [0.25, 0.3) is 5.91 Å². The van der Waals surface area contributed by atoms with Gasteiger partial charge in [0.05, 0.1) is 6.26 Å². The molecule has 2 atom stereocenters. The van der Waals surface area contributed by atoms with Gasteiger partial charge < -0.3 is 19.4 Å². The third-order valence-electron chi connectivity index (χ3n) is 4.22. The Bertz CT molecular complexity index is 886. The molecule has 28 heavy (non-hydrogen) atoms. The fourth-order valence-electron chi connectivity index (χ4n) is 2.82. The lowest BCUT2D eigenvalue weighted by Gasteiger charge is -2.25. The number of ether oxygens (including phenoxy) is 1. The number of hydrogen-bond acceptors (Lipinski definition) is 6. The minimum atomic E-state index is -0.817. The molecule has 1 aliphatic heterocycles. The van der Waals surface area contributed by atoms with Crippen molar-refractivity contribution in [2.75, 3.05) is 17.7 Å². The normalized spacial score (nSPS) is 18.8. The summed E-state index contributed by atoms with van der Waals surface area (Å²) in [6.45, 7) is 2.44. The molecule has 1 N–H and O–H groups in total. The van der Waals surface area contributed by atoms with E-state index in [2.05, 4.69) is 5.32 Å². The molecule has 0 saturated carbocycles. The molecule has 2 amide bonds. The van der Waals surface area contributed by atoms with Crippen LogP contribution in [0.25, 0.3) is 0 Å². The molecule has 1 aliphatic rings. The molecule has 1 aromatic carbocycles. The largest absolute Gasteiger partial charge is 0.466 e. The Morgan fingerprint density at radius 1 is 1.36 bits per heavy atom. The molecule has 1 fully saturated rings. The summed E-state index contributed by atoms with van der Waals surface area (Å²) >= 11 is 1.38. The molecule has 0 radical (unpaired) electrons. The molecule has 1 saturated heterocycles. The van der Waals surface area contributed by atoms with Crippen molar-refractivity contribution in [3.05, 3.63) is 53.7 Å². The second-order valence-electron chi connectivity index (χ2n) is 6.26. The minimum absolute atomic E-state index is 0.267. The van der Waals surface area contributed by atoms with Gasteiger partial charge >= 0.3 is 5.97 Å². The van der Waals surface area contributed by atoms with Crippen LogP contribution in [0.15, 0.2) is 41.0 Å². The van der Waals surface area contributed by atoms with Crippen molar-refractivity contribution in [2.24, 2.45) is 0 Å². The summed E-state index contributed by atoms with van der Waals surface area (Å²) in [6, 6.07) is 6.90. The first-order chi connectivity index (χ1) is 13.4. The third-order valence-corrected chi connectivity index (χ3v) is 5.51. The fourth-order valence-corrected chi connectivity index (χ4v) is 4.24. The van der Waals surface area contributed by atoms with Crippen LogP contribution in [0.2, 0.25) is 0 Å². The van der Waals surface area contributed by atoms with Gasteiger partial charge in [0.1, 0.15) is 23.0 Å². The highest BCUT2D eigenvalue weighted by Gasteiger charge is 2.43. The van der Waals surface area contributed by atoms with E-state index >= 15 is 0 Å². The van der Waals surface area contributed by atoms with E-state index in [0.29, 0.717) is 17.1 Å². The highest BCUT2D eigenvalue weighted by molar-refractivity contribution is 7.99. The number of hydrogen-bond donors (Lipinski definition) is 1. The Morgan fingerprint density at radius 3 is 2.79 bits per heavy atom. The van der Waals surface area contributed by atoms with Crippen LogP contribution in [0, 0.1) is 12.7 Å². The van der Waals surface area contributed by atoms with Gasteiger partial charge in [0.15, 0.2) is 6.61 Å². The zero-order valence-corrected chi connectivity index (χ0v) is 16.1. The minimum Gasteiger partial charge on any atom is -0.466 e. The number of nitrogens with zero attached hydrogens (tertiary/aromatic N) is 1. The maximum absolute atomic E-state index is 13.5. The van der Waals surface area contributed by atoms with Crippen molar-refractivity contribution >= 4 is 35.2 Å². The summed E-state index contributed by atoms with van der Waals surface area (Å²) in [5.74, 6) is -1.13. The predicted molar refractivity (Wildman–Crippen MR) is 101 cm³/mol. The van der Waals surface area contributed by atoms with E-state index in [1.165, 1.54) is 42.0 Å². The lowest BCUT2D eigenvalue weighted by Crippen LogP contribution is -2.43. The molecule has 0 bridgehead atoms. The van der Waals surface area contributed by atoms with Crippen molar-refractivity contribution in [1.29, 1.82) is 0 Å². The average molecular weight is 406 g/mol. The highest BCUT2D eigenvalue weighted by Crippen LogP contribution is 2.41. The molecule has 0 unspecified atom stereocenters. The number of thioether (sulfide) groups is 1. The van der Waals surface area contributed by atoms with Crippen molar-refractivity contribution in [2.45, 2.75) is 25.3 Å². The number of nitrogens with one attached hydrogen (secondary N) is 1. The lowest BCUT2D eigenvalue weighted by molar-refractivity contribution is -0.155. The predicted octanol–water partition coefficient (Wildman–Crippen LogP) is 2.87. The first kappa shape index (κ1) is 19.9. The number of rotatable bonds is 5. The number of esters is 1. The van der Waals surface area contributed by atoms with Crippen LogP contribution in [-0.4, -0.2) is 41.1 Å². The van der Waals surface area contributed by atoms with E-state index in [4.69, 9.17) is 9.15 Å². The van der Waals surface area contributed by atoms with E-state index < -0.39 is 35.7 Å². The van der Waals surface area contributed by atoms with Crippen molar-refractivity contribution < 1.29 is 27.9 Å². The fraction of sp³-hybridized carbons (Fsp3) is 0.316. The van der Waals surface area contributed by atoms with E-state index in [9.17, 15) is 18.8 Å². The first-order valence-electron chi connectivity index (χ1n) is 8.53. The monoisotopic (exact) mass is 406 g/mol. The molecule has 3 rings (SSSR count). The number of carbonyl (C=O) groups is 3. The number of amides is 2. The Labute approximate surface area is 165 Å². The number of furan rings is 1. The molecule has 2 aromatic rings. The Morgan fingerprint density at radius 2 is 2.14 bits per heavy atom. The van der Waals surface area contributed by atoms with E-state index in [-0.39, 0.29) is 11.6 Å². The smallest absolute Gasteiger partial charge is 0.330 e. The zero-order valence-electron chi connectivity index (χ0n) is 15.3. The number of halogens is 1. The average Bonchev–Trinajstić information content (AvgIpc) is 3.31. The summed E-state index contributed by atoms with van der Waals surface area (Å²) in [4.78, 5) is 37.9. The molecule has 148 valence electrons. The van der Waals surface area contributed by atoms with Crippen molar-refractivity contribution in [3.63, 3.8) is 0 Å². The molecular formula is C19H19FN2O5S. The quantitative estimate of drug-likeness (QED) is 0.768. The van der Waals surface area contributed by atoms with Gasteiger partial charge in [0.2, 0.25) is 5.91 Å². The second kappa shape index (κ2) is 8.47. The summed E-state index contributed by atoms with van der Waals surface area (Å²) in [7, 11) is 0. The topological polar surface area (TPSA) is 88.8 Å². The number of aryl methyl sites for hydroxylation is 1. The molecular weight excluding hydrogens is 387 g/mol. The Kier molecular flexibility index (Phi) is 6.03. The van der Waals surface area contributed by atoms with Crippen LogP contribution in [0.5, 0.6) is 0 Å². The molecule has 9 heteroatoms. The van der Waals surface area contributed by atoms with Gasteiger partial charge in [-0.15, -0.1) is 11.8 Å². The first-order valence-corrected chi connectivity index (χ1v) is 9.58. The van der Waals surface area contributed by atoms with Gasteiger partial charge in [-0.3, -0.25) is 9.59 Å². The summed E-state index contributed by atoms with van der Waals surface area (Å²) < 4.78 is 24.0. The van der Waals surface area contributed by atoms with Crippen LogP contribution in [0.3, 0.4) is 0 Å². The van der Waals surface area contributed by atoms with Gasteiger partial charge in [-0.25, -0.2) is 9.18 Å². The van der Waals surface area contributed by atoms with Crippen LogP contribution in [-0.2, 0) is 19.1 Å². The third kappa shape index (κ3) is 4.36. The van der Waals surface area contributed by atoms with Crippen molar-refractivity contribution in [3.8, 4) is 0 Å². The number of benzene rings is 1. The molecule has 0 spiro atoms. The maximum atomic E-state index is 13.5. The lowest BCUT2D eigenvalue weighted by atomic mass is 10.2. The summed E-state index contributed by atoms with van der Waals surface area (Å²) in [5.41, 5.74) is 0.724. The SMILES string of the molecule is CC(=O)N1[C@@H](c2ccco2)SC[C@H]1C(=O)OCC(=O)Nc1ccc(C)c(F)c1. The van der Waals surface area contributed by atoms with Crippen LogP contribution < -0.4 is 5.32 Å². The van der Waals surface area contributed by atoms with Crippen LogP contribution in [0.1, 0.15) is 23.6 Å². The van der Waals surface area contributed by atoms with E-state index in [1.807, 2.05) is 0 Å². The van der Waals surface area contributed by atoms with Gasteiger partial charge in [-0.05, 0) is 36.8 Å². The standard InChI is InChI=1S/C19H19FN2O5S/c1-11-5-6-13(8-14(11)20)21-17(24)9-27-19(25)15-10-28-18(22(15)12(2)23)16-4-3-7-26-16/h3-8,15,18H,9-10H2,1-2H3,(H,21,24)/t15-,18+/m0/s1. The number of carbonyl (C=O) groups excluding carboxylic acids is 3. The highest BCUT2D eigenvalue weighted by atomic mass is 32.2. The van der Waals surface area contributed by atoms with E-state index in [1.54, 1.807) is 25.1 Å². The molecule has 2 heterocycles. The second-order valence-corrected chi connectivity index (χ2v) is 7.38. The van der Waals surface area contributed by atoms with Gasteiger partial charge in [-0.1, -0.05) is 6.07 Å². The number of anilines is 1. The Balaban J connectivity index is 1.58. The summed E-state index contributed by atoms with van der Waals surface area (Å²) in [6.07, 6.45) is 1.50. The molecule has 0 aliphatic carbocycles. The van der Waals surface area contributed by atoms with Crippen molar-refractivity contribution in [1.82, 2.24) is 4.90 Å². The Hall–Kier alpha value is -2.81. The van der Waals surface area contributed by atoms with Gasteiger partial charge in [0, 0.05) is 18.4 Å². The van der Waals surface area contributed by atoms with Crippen LogP contribution in [0.4, 0.5) is 10.1 Å². The molecule has 1 aromatic heterocycles. The zero-order chi connectivity index (χ0) is 20.3. The summed E-state index contributed by atoms with van der Waals surface area (Å²) in [5, 5.41) is 2.04.